The highest BCUT2D eigenvalue weighted by atomic mass is 32.2. The molecule has 0 atom stereocenters. The maximum Gasteiger partial charge on any atom is 0.335 e. The van der Waals surface area contributed by atoms with E-state index in [2.05, 4.69) is 10.1 Å². The number of amides is 1. The number of nitrogens with zero attached hydrogens (tertiary/aromatic N) is 3. The van der Waals surface area contributed by atoms with Gasteiger partial charge < -0.3 is 9.52 Å². The average molecular weight is 394 g/mol. The maximum atomic E-state index is 12.3. The number of aliphatic imine (C=N–C) groups is 1. The van der Waals surface area contributed by atoms with E-state index in [0.29, 0.717) is 28.7 Å². The third-order valence-corrected chi connectivity index (χ3v) is 5.16. The van der Waals surface area contributed by atoms with Crippen molar-refractivity contribution in [3.05, 3.63) is 53.3 Å². The Hall–Kier alpha value is -3.46. The molecule has 0 unspecified atom stereocenters. The van der Waals surface area contributed by atoms with Gasteiger partial charge in [0, 0.05) is 5.56 Å². The standard InChI is InChI=1S/C19H14N4O4S/c1-2-15-22-23-16(20)13(17(24)21-19(23)28-15)9-12-6-7-14(27-12)10-4-3-5-11(8-10)18(25)26/h3-9,20H,2H2,1H3,(H,25,26)/b13-9-,20-16?. The monoisotopic (exact) mass is 394 g/mol. The fourth-order valence-electron chi connectivity index (χ4n) is 2.71. The van der Waals surface area contributed by atoms with Gasteiger partial charge in [0.25, 0.3) is 5.91 Å². The average Bonchev–Trinajstić information content (AvgIpc) is 3.32. The molecule has 0 fully saturated rings. The molecule has 0 saturated heterocycles. The van der Waals surface area contributed by atoms with Crippen LogP contribution in [0.3, 0.4) is 0 Å². The lowest BCUT2D eigenvalue weighted by Crippen LogP contribution is -2.35. The third-order valence-electron chi connectivity index (χ3n) is 4.11. The van der Waals surface area contributed by atoms with Crippen LogP contribution in [0.25, 0.3) is 17.4 Å². The van der Waals surface area contributed by atoms with Gasteiger partial charge in [-0.25, -0.2) is 4.79 Å². The molecular weight excluding hydrogens is 380 g/mol. The summed E-state index contributed by atoms with van der Waals surface area (Å²) in [5.41, 5.74) is 0.824. The van der Waals surface area contributed by atoms with Gasteiger partial charge >= 0.3 is 5.97 Å². The number of hydrazone groups is 1. The molecule has 9 heteroatoms. The van der Waals surface area contributed by atoms with Crippen LogP contribution >= 0.6 is 11.8 Å². The van der Waals surface area contributed by atoms with E-state index in [-0.39, 0.29) is 17.0 Å². The van der Waals surface area contributed by atoms with Crippen LogP contribution in [-0.4, -0.2) is 38.0 Å². The van der Waals surface area contributed by atoms with Gasteiger partial charge in [-0.2, -0.15) is 15.1 Å². The number of aromatic carboxylic acids is 1. The molecule has 2 aliphatic heterocycles. The Morgan fingerprint density at radius 2 is 2.18 bits per heavy atom. The molecule has 0 spiro atoms. The third kappa shape index (κ3) is 3.16. The number of amidine groups is 2. The van der Waals surface area contributed by atoms with Crippen LogP contribution in [0.2, 0.25) is 0 Å². The lowest BCUT2D eigenvalue weighted by atomic mass is 10.1. The predicted octanol–water partition coefficient (Wildman–Crippen LogP) is 3.67. The van der Waals surface area contributed by atoms with Gasteiger partial charge in [0.2, 0.25) is 5.17 Å². The number of carboxylic acid groups (broad SMARTS) is 1. The smallest absolute Gasteiger partial charge is 0.335 e. The van der Waals surface area contributed by atoms with Crippen molar-refractivity contribution in [1.29, 1.82) is 5.41 Å². The van der Waals surface area contributed by atoms with E-state index >= 15 is 0 Å². The van der Waals surface area contributed by atoms with Crippen molar-refractivity contribution >= 4 is 45.8 Å². The van der Waals surface area contributed by atoms with Crippen LogP contribution < -0.4 is 0 Å². The molecule has 1 amide bonds. The van der Waals surface area contributed by atoms with E-state index in [9.17, 15) is 9.59 Å². The minimum Gasteiger partial charge on any atom is -0.478 e. The summed E-state index contributed by atoms with van der Waals surface area (Å²) in [5, 5.41) is 24.2. The number of carboxylic acids is 1. The van der Waals surface area contributed by atoms with E-state index in [1.807, 2.05) is 6.92 Å². The number of rotatable bonds is 4. The summed E-state index contributed by atoms with van der Waals surface area (Å²) in [5.74, 6) is -0.800. The molecule has 2 aromatic rings. The zero-order valence-corrected chi connectivity index (χ0v) is 15.5. The first-order valence-corrected chi connectivity index (χ1v) is 9.20. The van der Waals surface area contributed by atoms with Crippen molar-refractivity contribution < 1.29 is 19.1 Å². The molecule has 1 aromatic heterocycles. The normalized spacial score (nSPS) is 17.6. The molecular formula is C19H14N4O4S. The second-order valence-electron chi connectivity index (χ2n) is 5.96. The number of benzene rings is 1. The minimum atomic E-state index is -1.03. The summed E-state index contributed by atoms with van der Waals surface area (Å²) in [4.78, 5) is 27.5. The van der Waals surface area contributed by atoms with Crippen LogP contribution in [-0.2, 0) is 4.79 Å². The summed E-state index contributed by atoms with van der Waals surface area (Å²) in [7, 11) is 0. The number of nitrogens with one attached hydrogen (secondary N) is 1. The lowest BCUT2D eigenvalue weighted by molar-refractivity contribution is -0.114. The molecule has 2 aliphatic rings. The number of hydrogen-bond donors (Lipinski definition) is 2. The van der Waals surface area contributed by atoms with Gasteiger partial charge in [0.05, 0.1) is 11.1 Å². The Morgan fingerprint density at radius 3 is 2.93 bits per heavy atom. The van der Waals surface area contributed by atoms with Gasteiger partial charge in [-0.3, -0.25) is 10.2 Å². The lowest BCUT2D eigenvalue weighted by Gasteiger charge is -2.19. The number of fused-ring (bicyclic) bond motifs is 1. The van der Waals surface area contributed by atoms with Gasteiger partial charge in [-0.05, 0) is 48.5 Å². The second kappa shape index (κ2) is 6.93. The van der Waals surface area contributed by atoms with E-state index in [0.717, 1.165) is 5.04 Å². The van der Waals surface area contributed by atoms with Crippen LogP contribution in [0, 0.1) is 5.41 Å². The van der Waals surface area contributed by atoms with Crippen molar-refractivity contribution in [2.45, 2.75) is 13.3 Å². The predicted molar refractivity (Wildman–Crippen MR) is 106 cm³/mol. The number of furan rings is 1. The summed E-state index contributed by atoms with van der Waals surface area (Å²) < 4.78 is 5.73. The van der Waals surface area contributed by atoms with Crippen LogP contribution in [0.1, 0.15) is 29.5 Å². The van der Waals surface area contributed by atoms with Crippen molar-refractivity contribution in [1.82, 2.24) is 5.01 Å². The van der Waals surface area contributed by atoms with Crippen molar-refractivity contribution in [3.8, 4) is 11.3 Å². The fourth-order valence-corrected chi connectivity index (χ4v) is 3.53. The summed E-state index contributed by atoms with van der Waals surface area (Å²) >= 11 is 1.28. The number of carbonyl (C=O) groups excluding carboxylic acids is 1. The van der Waals surface area contributed by atoms with E-state index in [4.69, 9.17) is 14.9 Å². The Bertz CT molecular complexity index is 1110. The molecule has 8 nitrogen and oxygen atoms in total. The Morgan fingerprint density at radius 1 is 1.36 bits per heavy atom. The minimum absolute atomic E-state index is 0.0585. The molecule has 3 heterocycles. The van der Waals surface area contributed by atoms with Gasteiger partial charge in [0.15, 0.2) is 5.84 Å². The Balaban J connectivity index is 1.65. The van der Waals surface area contributed by atoms with Gasteiger partial charge in [0.1, 0.15) is 16.6 Å². The zero-order valence-electron chi connectivity index (χ0n) is 14.7. The molecule has 28 heavy (non-hydrogen) atoms. The van der Waals surface area contributed by atoms with Crippen molar-refractivity contribution in [3.63, 3.8) is 0 Å². The molecule has 1 aromatic carbocycles. The van der Waals surface area contributed by atoms with Crippen LogP contribution in [0.15, 0.2) is 56.5 Å². The molecule has 2 N–H and O–H groups in total. The highest BCUT2D eigenvalue weighted by molar-refractivity contribution is 8.26. The quantitative estimate of drug-likeness (QED) is 0.764. The highest BCUT2D eigenvalue weighted by Gasteiger charge is 2.35. The Kier molecular flexibility index (Phi) is 4.44. The SMILES string of the molecule is CCC1=NN2C(=N)/C(=C/c3ccc(-c4cccc(C(=O)O)c4)o3)C(=O)N=C2S1. The summed E-state index contributed by atoms with van der Waals surface area (Å²) in [6.07, 6.45) is 2.14. The van der Waals surface area contributed by atoms with E-state index in [1.165, 1.54) is 35.0 Å². The maximum absolute atomic E-state index is 12.3. The first-order valence-electron chi connectivity index (χ1n) is 8.39. The first kappa shape index (κ1) is 17.9. The molecule has 0 bridgehead atoms. The fraction of sp³-hybridized carbons (Fsp3) is 0.105. The zero-order chi connectivity index (χ0) is 19.8. The van der Waals surface area contributed by atoms with Crippen molar-refractivity contribution in [2.24, 2.45) is 10.1 Å². The molecule has 4 rings (SSSR count). The molecule has 0 saturated carbocycles. The van der Waals surface area contributed by atoms with Crippen molar-refractivity contribution in [2.75, 3.05) is 0 Å². The van der Waals surface area contributed by atoms with E-state index < -0.39 is 11.9 Å². The topological polar surface area (TPSA) is 119 Å². The largest absolute Gasteiger partial charge is 0.478 e. The number of hydrogen-bond acceptors (Lipinski definition) is 6. The van der Waals surface area contributed by atoms with E-state index in [1.54, 1.807) is 24.3 Å². The highest BCUT2D eigenvalue weighted by Crippen LogP contribution is 2.30. The molecule has 0 radical (unpaired) electrons. The number of thioether (sulfide) groups is 1. The number of carbonyl (C=O) groups is 2. The molecule has 140 valence electrons. The first-order chi connectivity index (χ1) is 13.5. The van der Waals surface area contributed by atoms with Gasteiger partial charge in [-0.15, -0.1) is 0 Å². The van der Waals surface area contributed by atoms with Crippen LogP contribution in [0.5, 0.6) is 0 Å². The Labute approximate surface area is 163 Å². The van der Waals surface area contributed by atoms with Crippen LogP contribution in [0.4, 0.5) is 0 Å². The summed E-state index contributed by atoms with van der Waals surface area (Å²) in [6, 6.07) is 9.69. The summed E-state index contributed by atoms with van der Waals surface area (Å²) in [6.45, 7) is 1.94. The second-order valence-corrected chi connectivity index (χ2v) is 7.00. The van der Waals surface area contributed by atoms with Gasteiger partial charge in [-0.1, -0.05) is 19.1 Å². The molecule has 0 aliphatic carbocycles.